The Hall–Kier alpha value is -0.920. The lowest BCUT2D eigenvalue weighted by Gasteiger charge is -2.31. The molecule has 1 aromatic rings. The molecule has 7 heteroatoms. The molecule has 1 atom stereocenters. The fraction of sp³-hybridized carbons (Fsp3) is 0.500. The number of hydrogen-bond donors (Lipinski definition) is 2. The van der Waals surface area contributed by atoms with E-state index in [0.717, 1.165) is 12.2 Å². The van der Waals surface area contributed by atoms with Crippen LogP contribution in [0, 0.1) is 0 Å². The third-order valence-corrected chi connectivity index (χ3v) is 6.43. The van der Waals surface area contributed by atoms with Gasteiger partial charge in [0.15, 0.2) is 0 Å². The molecular weight excluding hydrogens is 284 g/mol. The van der Waals surface area contributed by atoms with E-state index < -0.39 is 10.0 Å². The third kappa shape index (κ3) is 2.98. The zero-order chi connectivity index (χ0) is 14.0. The van der Waals surface area contributed by atoms with Gasteiger partial charge < -0.3 is 10.8 Å². The van der Waals surface area contributed by atoms with Crippen LogP contribution in [0.3, 0.4) is 0 Å². The molecule has 19 heavy (non-hydrogen) atoms. The number of sulfonamides is 1. The van der Waals surface area contributed by atoms with Gasteiger partial charge in [0.2, 0.25) is 10.0 Å². The summed E-state index contributed by atoms with van der Waals surface area (Å²) in [5, 5.41) is 9.71. The minimum atomic E-state index is -3.52. The molecule has 1 unspecified atom stereocenters. The summed E-state index contributed by atoms with van der Waals surface area (Å²) in [7, 11) is -3.52. The van der Waals surface area contributed by atoms with E-state index in [1.807, 2.05) is 11.8 Å². The molecule has 0 aromatic heterocycles. The Morgan fingerprint density at radius 1 is 1.53 bits per heavy atom. The number of nitrogen functional groups attached to an aromatic ring is 1. The van der Waals surface area contributed by atoms with Crippen molar-refractivity contribution in [1.82, 2.24) is 4.31 Å². The number of hydrogen-bond acceptors (Lipinski definition) is 5. The summed E-state index contributed by atoms with van der Waals surface area (Å²) in [5.41, 5.74) is 5.65. The van der Waals surface area contributed by atoms with E-state index in [-0.39, 0.29) is 16.3 Å². The number of nitrogens with zero attached hydrogens (tertiary/aromatic N) is 1. The van der Waals surface area contributed by atoms with Gasteiger partial charge in [-0.3, -0.25) is 0 Å². The second-order valence-electron chi connectivity index (χ2n) is 4.48. The number of anilines is 1. The highest BCUT2D eigenvalue weighted by Crippen LogP contribution is 2.29. The molecule has 0 saturated carbocycles. The van der Waals surface area contributed by atoms with Crippen LogP contribution < -0.4 is 5.73 Å². The highest BCUT2D eigenvalue weighted by molar-refractivity contribution is 8.00. The first-order valence-electron chi connectivity index (χ1n) is 6.15. The van der Waals surface area contributed by atoms with E-state index in [1.54, 1.807) is 0 Å². The smallest absolute Gasteiger partial charge is 0.243 e. The molecule has 2 rings (SSSR count). The lowest BCUT2D eigenvalue weighted by atomic mass is 10.3. The number of aromatic hydroxyl groups is 1. The molecule has 0 radical (unpaired) electrons. The quantitative estimate of drug-likeness (QED) is 0.653. The van der Waals surface area contributed by atoms with Crippen molar-refractivity contribution in [3.8, 4) is 5.75 Å². The molecule has 0 amide bonds. The van der Waals surface area contributed by atoms with Crippen molar-refractivity contribution in [2.45, 2.75) is 23.5 Å². The molecule has 1 saturated heterocycles. The summed E-state index contributed by atoms with van der Waals surface area (Å²) < 4.78 is 26.5. The number of phenolic OH excluding ortho intramolecular Hbond substituents is 1. The van der Waals surface area contributed by atoms with Crippen LogP contribution in [0.15, 0.2) is 23.1 Å². The first-order valence-corrected chi connectivity index (χ1v) is 8.64. The molecule has 1 heterocycles. The second kappa shape index (κ2) is 5.60. The van der Waals surface area contributed by atoms with E-state index >= 15 is 0 Å². The van der Waals surface area contributed by atoms with Crippen LogP contribution in [0.1, 0.15) is 13.3 Å². The van der Waals surface area contributed by atoms with E-state index in [2.05, 4.69) is 6.92 Å². The highest BCUT2D eigenvalue weighted by atomic mass is 32.2. The normalized spacial score (nSPS) is 21.4. The van der Waals surface area contributed by atoms with Gasteiger partial charge in [-0.1, -0.05) is 6.92 Å². The zero-order valence-corrected chi connectivity index (χ0v) is 12.4. The SMILES string of the molecule is CCC1CN(S(=O)(=O)c2ccc(O)c(N)c2)CCS1. The summed E-state index contributed by atoms with van der Waals surface area (Å²) in [6.07, 6.45) is 0.953. The van der Waals surface area contributed by atoms with Gasteiger partial charge >= 0.3 is 0 Å². The van der Waals surface area contributed by atoms with Gasteiger partial charge in [0.25, 0.3) is 0 Å². The highest BCUT2D eigenvalue weighted by Gasteiger charge is 2.30. The Morgan fingerprint density at radius 2 is 2.26 bits per heavy atom. The molecule has 1 fully saturated rings. The molecule has 5 nitrogen and oxygen atoms in total. The Labute approximate surface area is 117 Å². The van der Waals surface area contributed by atoms with Gasteiger partial charge in [-0.2, -0.15) is 16.1 Å². The second-order valence-corrected chi connectivity index (χ2v) is 7.83. The van der Waals surface area contributed by atoms with E-state index in [4.69, 9.17) is 5.73 Å². The van der Waals surface area contributed by atoms with Crippen molar-refractivity contribution in [3.05, 3.63) is 18.2 Å². The first-order chi connectivity index (χ1) is 8.95. The Balaban J connectivity index is 2.28. The average molecular weight is 302 g/mol. The molecule has 0 bridgehead atoms. The van der Waals surface area contributed by atoms with E-state index in [0.29, 0.717) is 18.3 Å². The van der Waals surface area contributed by atoms with E-state index in [9.17, 15) is 13.5 Å². The summed E-state index contributed by atoms with van der Waals surface area (Å²) in [5.74, 6) is 0.713. The molecule has 3 N–H and O–H groups in total. The van der Waals surface area contributed by atoms with Crippen molar-refractivity contribution < 1.29 is 13.5 Å². The summed E-state index contributed by atoms with van der Waals surface area (Å²) >= 11 is 1.81. The standard InChI is InChI=1S/C12H18N2O3S2/c1-2-9-8-14(5-6-18-9)19(16,17)10-3-4-12(15)11(13)7-10/h3-4,7,9,15H,2,5-6,8,13H2,1H3. The Kier molecular flexibility index (Phi) is 4.27. The summed E-state index contributed by atoms with van der Waals surface area (Å²) in [6, 6.07) is 4.02. The van der Waals surface area contributed by atoms with Gasteiger partial charge in [0.1, 0.15) is 5.75 Å². The van der Waals surface area contributed by atoms with Crippen LogP contribution in [0.25, 0.3) is 0 Å². The number of thioether (sulfide) groups is 1. The van der Waals surface area contributed by atoms with Gasteiger partial charge in [0.05, 0.1) is 10.6 Å². The van der Waals surface area contributed by atoms with Crippen molar-refractivity contribution in [3.63, 3.8) is 0 Å². The van der Waals surface area contributed by atoms with Crippen molar-refractivity contribution in [2.24, 2.45) is 0 Å². The summed E-state index contributed by atoms with van der Waals surface area (Å²) in [6.45, 7) is 3.11. The maximum Gasteiger partial charge on any atom is 0.243 e. The van der Waals surface area contributed by atoms with Crippen molar-refractivity contribution in [2.75, 3.05) is 24.6 Å². The monoisotopic (exact) mass is 302 g/mol. The third-order valence-electron chi connectivity index (χ3n) is 3.19. The molecule has 1 aliphatic heterocycles. The van der Waals surface area contributed by atoms with Gasteiger partial charge in [-0.05, 0) is 24.6 Å². The number of benzene rings is 1. The van der Waals surface area contributed by atoms with Crippen LogP contribution in [0.2, 0.25) is 0 Å². The molecule has 1 aliphatic rings. The number of nitrogens with two attached hydrogens (primary N) is 1. The maximum absolute atomic E-state index is 12.5. The van der Waals surface area contributed by atoms with Crippen LogP contribution in [0.5, 0.6) is 5.75 Å². The average Bonchev–Trinajstić information content (AvgIpc) is 2.41. The van der Waals surface area contributed by atoms with Crippen LogP contribution in [-0.4, -0.2) is 41.9 Å². The van der Waals surface area contributed by atoms with Crippen LogP contribution >= 0.6 is 11.8 Å². The fourth-order valence-corrected chi connectivity index (χ4v) is 4.91. The minimum absolute atomic E-state index is 0.0829. The maximum atomic E-state index is 12.5. The molecule has 0 spiro atoms. The molecule has 106 valence electrons. The topological polar surface area (TPSA) is 83.6 Å². The zero-order valence-electron chi connectivity index (χ0n) is 10.7. The number of phenols is 1. The number of rotatable bonds is 3. The van der Waals surface area contributed by atoms with Crippen LogP contribution in [-0.2, 0) is 10.0 Å². The predicted octanol–water partition coefficient (Wildman–Crippen LogP) is 1.49. The Morgan fingerprint density at radius 3 is 2.89 bits per heavy atom. The van der Waals surface area contributed by atoms with E-state index in [1.165, 1.54) is 22.5 Å². The summed E-state index contributed by atoms with van der Waals surface area (Å²) in [4.78, 5) is 0.143. The lowest BCUT2D eigenvalue weighted by Crippen LogP contribution is -2.41. The van der Waals surface area contributed by atoms with Crippen molar-refractivity contribution in [1.29, 1.82) is 0 Å². The molecular formula is C12H18N2O3S2. The van der Waals surface area contributed by atoms with Gasteiger partial charge in [0, 0.05) is 24.1 Å². The fourth-order valence-electron chi connectivity index (χ4n) is 2.00. The minimum Gasteiger partial charge on any atom is -0.506 e. The van der Waals surface area contributed by atoms with Crippen LogP contribution in [0.4, 0.5) is 5.69 Å². The van der Waals surface area contributed by atoms with Crippen molar-refractivity contribution >= 4 is 27.5 Å². The van der Waals surface area contributed by atoms with Gasteiger partial charge in [-0.15, -0.1) is 0 Å². The molecule has 1 aromatic carbocycles. The lowest BCUT2D eigenvalue weighted by molar-refractivity contribution is 0.416. The van der Waals surface area contributed by atoms with Gasteiger partial charge in [-0.25, -0.2) is 8.42 Å². The Bertz CT molecular complexity index is 560. The largest absolute Gasteiger partial charge is 0.506 e. The molecule has 0 aliphatic carbocycles. The first kappa shape index (κ1) is 14.5. The predicted molar refractivity (Wildman–Crippen MR) is 77.8 cm³/mol.